The lowest BCUT2D eigenvalue weighted by Gasteiger charge is -2.05. The maximum absolute atomic E-state index is 11.5. The Morgan fingerprint density at radius 3 is 2.29 bits per heavy atom. The minimum absolute atomic E-state index is 0.0643. The average Bonchev–Trinajstić information content (AvgIpc) is 2.02. The third-order valence-electron chi connectivity index (χ3n) is 1.55. The summed E-state index contributed by atoms with van der Waals surface area (Å²) in [5.41, 5.74) is 0.998. The Bertz CT molecular complexity index is 436. The molecule has 1 N–H and O–H groups in total. The monoisotopic (exact) mass is 247 g/mol. The van der Waals surface area contributed by atoms with E-state index in [0.29, 0.717) is 0 Å². The van der Waals surface area contributed by atoms with Crippen molar-refractivity contribution in [3.05, 3.63) is 29.8 Å². The van der Waals surface area contributed by atoms with E-state index in [-0.39, 0.29) is 9.22 Å². The van der Waals surface area contributed by atoms with Crippen molar-refractivity contribution < 1.29 is 8.42 Å². The van der Waals surface area contributed by atoms with Crippen LogP contribution in [-0.4, -0.2) is 12.7 Å². The number of benzene rings is 1. The molecule has 0 aliphatic heterocycles. The molecule has 0 fully saturated rings. The SMILES string of the molecule is Cc1ccc(S(=O)(=O)NC(=S)S)cc1. The second kappa shape index (κ2) is 4.29. The second-order valence-corrected chi connectivity index (χ2v) is 5.56. The van der Waals surface area contributed by atoms with Gasteiger partial charge in [-0.2, -0.15) is 0 Å². The molecular weight excluding hydrogens is 238 g/mol. The minimum Gasteiger partial charge on any atom is -0.265 e. The highest BCUT2D eigenvalue weighted by atomic mass is 32.2. The molecule has 14 heavy (non-hydrogen) atoms. The van der Waals surface area contributed by atoms with Crippen molar-refractivity contribution in [2.75, 3.05) is 0 Å². The van der Waals surface area contributed by atoms with Gasteiger partial charge in [-0.3, -0.25) is 4.72 Å². The normalized spacial score (nSPS) is 11.0. The summed E-state index contributed by atoms with van der Waals surface area (Å²) in [7, 11) is -3.54. The minimum atomic E-state index is -3.54. The van der Waals surface area contributed by atoms with E-state index in [2.05, 4.69) is 29.6 Å². The zero-order chi connectivity index (χ0) is 10.8. The van der Waals surface area contributed by atoms with Crippen LogP contribution in [0.5, 0.6) is 0 Å². The number of nitrogens with one attached hydrogen (secondary N) is 1. The lowest BCUT2D eigenvalue weighted by atomic mass is 10.2. The summed E-state index contributed by atoms with van der Waals surface area (Å²) in [6.07, 6.45) is 0. The molecule has 0 saturated heterocycles. The van der Waals surface area contributed by atoms with Gasteiger partial charge in [0.1, 0.15) is 4.32 Å². The Kier molecular flexibility index (Phi) is 3.52. The fraction of sp³-hybridized carbons (Fsp3) is 0.125. The van der Waals surface area contributed by atoms with Gasteiger partial charge in [0, 0.05) is 0 Å². The molecule has 0 spiro atoms. The molecule has 0 aliphatic rings. The van der Waals surface area contributed by atoms with Crippen LogP contribution >= 0.6 is 24.8 Å². The lowest BCUT2D eigenvalue weighted by molar-refractivity contribution is 0.593. The molecule has 76 valence electrons. The van der Waals surface area contributed by atoms with Crippen molar-refractivity contribution in [2.45, 2.75) is 11.8 Å². The van der Waals surface area contributed by atoms with Crippen molar-refractivity contribution in [3.8, 4) is 0 Å². The Morgan fingerprint density at radius 2 is 1.86 bits per heavy atom. The predicted molar refractivity (Wildman–Crippen MR) is 63.1 cm³/mol. The van der Waals surface area contributed by atoms with E-state index in [0.717, 1.165) is 5.56 Å². The number of thiol groups is 1. The topological polar surface area (TPSA) is 46.2 Å². The first-order chi connectivity index (χ1) is 6.42. The number of hydrogen-bond donors (Lipinski definition) is 2. The Balaban J connectivity index is 3.05. The van der Waals surface area contributed by atoms with Gasteiger partial charge in [-0.25, -0.2) is 8.42 Å². The zero-order valence-corrected chi connectivity index (χ0v) is 9.92. The van der Waals surface area contributed by atoms with Gasteiger partial charge in [0.2, 0.25) is 0 Å². The average molecular weight is 247 g/mol. The van der Waals surface area contributed by atoms with Crippen molar-refractivity contribution in [2.24, 2.45) is 0 Å². The van der Waals surface area contributed by atoms with Crippen LogP contribution in [0.1, 0.15) is 5.56 Å². The number of rotatable bonds is 2. The fourth-order valence-corrected chi connectivity index (χ4v) is 2.42. The molecule has 1 aromatic carbocycles. The Morgan fingerprint density at radius 1 is 1.36 bits per heavy atom. The van der Waals surface area contributed by atoms with Gasteiger partial charge in [-0.15, -0.1) is 12.6 Å². The zero-order valence-electron chi connectivity index (χ0n) is 7.39. The van der Waals surface area contributed by atoms with Crippen LogP contribution in [0.4, 0.5) is 0 Å². The molecule has 0 saturated carbocycles. The molecule has 0 radical (unpaired) electrons. The van der Waals surface area contributed by atoms with Gasteiger partial charge < -0.3 is 0 Å². The summed E-state index contributed by atoms with van der Waals surface area (Å²) < 4.78 is 25.1. The van der Waals surface area contributed by atoms with E-state index in [1.807, 2.05) is 6.92 Å². The second-order valence-electron chi connectivity index (χ2n) is 2.72. The van der Waals surface area contributed by atoms with Gasteiger partial charge in [-0.05, 0) is 19.1 Å². The molecular formula is C8H9NO2S3. The molecule has 0 heterocycles. The molecule has 3 nitrogen and oxygen atoms in total. The van der Waals surface area contributed by atoms with Crippen LogP contribution in [0.25, 0.3) is 0 Å². The van der Waals surface area contributed by atoms with Gasteiger partial charge >= 0.3 is 0 Å². The van der Waals surface area contributed by atoms with Crippen molar-refractivity contribution in [1.29, 1.82) is 0 Å². The van der Waals surface area contributed by atoms with E-state index >= 15 is 0 Å². The van der Waals surface area contributed by atoms with Crippen LogP contribution in [0, 0.1) is 6.92 Å². The van der Waals surface area contributed by atoms with E-state index in [9.17, 15) is 8.42 Å². The molecule has 0 atom stereocenters. The van der Waals surface area contributed by atoms with Gasteiger partial charge in [0.15, 0.2) is 0 Å². The Hall–Kier alpha value is -0.590. The highest BCUT2D eigenvalue weighted by Gasteiger charge is 2.13. The molecule has 0 amide bonds. The van der Waals surface area contributed by atoms with E-state index in [1.54, 1.807) is 12.1 Å². The first-order valence-electron chi connectivity index (χ1n) is 3.74. The quantitative estimate of drug-likeness (QED) is 0.615. The molecule has 0 aromatic heterocycles. The molecule has 1 aromatic rings. The van der Waals surface area contributed by atoms with Crippen LogP contribution in [0.3, 0.4) is 0 Å². The van der Waals surface area contributed by atoms with Gasteiger partial charge in [0.25, 0.3) is 10.0 Å². The standard InChI is InChI=1S/C8H9NO2S3/c1-6-2-4-7(5-3-6)14(10,11)9-8(12)13/h2-5H,1H3,(H2,9,12,13). The van der Waals surface area contributed by atoms with E-state index < -0.39 is 10.0 Å². The summed E-state index contributed by atoms with van der Waals surface area (Å²) in [5.74, 6) is 0. The highest BCUT2D eigenvalue weighted by Crippen LogP contribution is 2.09. The largest absolute Gasteiger partial charge is 0.265 e. The first-order valence-corrected chi connectivity index (χ1v) is 6.08. The van der Waals surface area contributed by atoms with E-state index in [4.69, 9.17) is 0 Å². The van der Waals surface area contributed by atoms with Crippen LogP contribution in [-0.2, 0) is 10.0 Å². The highest BCUT2D eigenvalue weighted by molar-refractivity contribution is 8.12. The molecule has 6 heteroatoms. The van der Waals surface area contributed by atoms with Crippen LogP contribution in [0.2, 0.25) is 0 Å². The number of thiocarbonyl (C=S) groups is 1. The van der Waals surface area contributed by atoms with Crippen molar-refractivity contribution >= 4 is 39.2 Å². The molecule has 1 rings (SSSR count). The third-order valence-corrected chi connectivity index (χ3v) is 3.41. The molecule has 0 aliphatic carbocycles. The lowest BCUT2D eigenvalue weighted by Crippen LogP contribution is -2.25. The van der Waals surface area contributed by atoms with Gasteiger partial charge in [0.05, 0.1) is 4.90 Å². The van der Waals surface area contributed by atoms with E-state index in [1.165, 1.54) is 12.1 Å². The Labute approximate surface area is 94.0 Å². The number of sulfonamides is 1. The van der Waals surface area contributed by atoms with Gasteiger partial charge in [-0.1, -0.05) is 29.9 Å². The van der Waals surface area contributed by atoms with Crippen LogP contribution < -0.4 is 4.72 Å². The fourth-order valence-electron chi connectivity index (χ4n) is 0.891. The van der Waals surface area contributed by atoms with Crippen molar-refractivity contribution in [1.82, 2.24) is 4.72 Å². The number of hydrogen-bond acceptors (Lipinski definition) is 3. The summed E-state index contributed by atoms with van der Waals surface area (Å²) >= 11 is 8.25. The number of aryl methyl sites for hydroxylation is 1. The molecule has 0 bridgehead atoms. The van der Waals surface area contributed by atoms with Crippen molar-refractivity contribution in [3.63, 3.8) is 0 Å². The summed E-state index contributed by atoms with van der Waals surface area (Å²) in [4.78, 5) is 0.180. The first kappa shape index (κ1) is 11.5. The van der Waals surface area contributed by atoms with Crippen LogP contribution in [0.15, 0.2) is 29.2 Å². The summed E-state index contributed by atoms with van der Waals surface area (Å²) in [6, 6.07) is 6.47. The maximum Gasteiger partial charge on any atom is 0.262 e. The smallest absolute Gasteiger partial charge is 0.262 e. The third kappa shape index (κ3) is 2.97. The summed E-state index contributed by atoms with van der Waals surface area (Å²) in [5, 5.41) is 0. The molecule has 0 unspecified atom stereocenters. The predicted octanol–water partition coefficient (Wildman–Crippen LogP) is 1.49. The summed E-state index contributed by atoms with van der Waals surface area (Å²) in [6.45, 7) is 1.88. The maximum atomic E-state index is 11.5.